The Balaban J connectivity index is 3.24. The van der Waals surface area contributed by atoms with Gasteiger partial charge in [-0.2, -0.15) is 0 Å². The summed E-state index contributed by atoms with van der Waals surface area (Å²) in [7, 11) is 1.68. The lowest BCUT2D eigenvalue weighted by Gasteiger charge is -2.05. The molecule has 0 saturated carbocycles. The average molecular weight is 327 g/mol. The molecular weight excluding hydrogens is 319 g/mol. The van der Waals surface area contributed by atoms with Crippen LogP contribution in [0.2, 0.25) is 0 Å². The number of hydrogen-bond acceptors (Lipinski definition) is 1. The number of rotatable bonds is 1. The average Bonchev–Trinajstić information content (AvgIpc) is 1.96. The Morgan fingerprint density at radius 1 is 1.45 bits per heavy atom. The molecule has 0 aliphatic rings. The molecule has 60 valence electrons. The highest BCUT2D eigenvalue weighted by Gasteiger charge is 2.03. The van der Waals surface area contributed by atoms with Gasteiger partial charge in [-0.15, -0.1) is 0 Å². The molecule has 0 bridgehead atoms. The molecule has 0 unspecified atom stereocenters. The van der Waals surface area contributed by atoms with Gasteiger partial charge in [0.05, 0.1) is 10.7 Å². The van der Waals surface area contributed by atoms with E-state index in [9.17, 15) is 0 Å². The van der Waals surface area contributed by atoms with E-state index in [4.69, 9.17) is 4.74 Å². The van der Waals surface area contributed by atoms with Crippen LogP contribution in [0.1, 0.15) is 5.56 Å². The van der Waals surface area contributed by atoms with Crippen LogP contribution in [0.5, 0.6) is 5.75 Å². The fraction of sp³-hybridized carbons (Fsp3) is 0.250. The summed E-state index contributed by atoms with van der Waals surface area (Å²) in [4.78, 5) is 0. The Morgan fingerprint density at radius 2 is 2.09 bits per heavy atom. The minimum Gasteiger partial charge on any atom is -0.496 e. The molecule has 1 nitrogen and oxygen atoms in total. The summed E-state index contributed by atoms with van der Waals surface area (Å²) < 4.78 is 7.38. The highest BCUT2D eigenvalue weighted by atomic mass is 127. The molecule has 1 aromatic carbocycles. The predicted octanol–water partition coefficient (Wildman–Crippen LogP) is 3.37. The number of ether oxygens (including phenoxy) is 1. The Labute approximate surface area is 88.4 Å². The lowest BCUT2D eigenvalue weighted by atomic mass is 10.2. The van der Waals surface area contributed by atoms with E-state index in [0.717, 1.165) is 13.8 Å². The number of benzene rings is 1. The molecule has 0 spiro atoms. The summed E-state index contributed by atoms with van der Waals surface area (Å²) in [5.41, 5.74) is 1.20. The van der Waals surface area contributed by atoms with Crippen LogP contribution >= 0.6 is 38.5 Å². The monoisotopic (exact) mass is 326 g/mol. The third-order valence-corrected chi connectivity index (χ3v) is 3.84. The molecule has 3 heteroatoms. The van der Waals surface area contributed by atoms with Crippen LogP contribution in [0.4, 0.5) is 0 Å². The van der Waals surface area contributed by atoms with Gasteiger partial charge < -0.3 is 4.74 Å². The SMILES string of the molecule is COc1cc(C)cc(Br)c1I. The molecule has 0 aromatic heterocycles. The Morgan fingerprint density at radius 3 is 2.64 bits per heavy atom. The summed E-state index contributed by atoms with van der Waals surface area (Å²) in [5, 5.41) is 0. The fourth-order valence-electron chi connectivity index (χ4n) is 0.841. The first-order chi connectivity index (χ1) is 5.15. The number of halogens is 2. The van der Waals surface area contributed by atoms with Crippen molar-refractivity contribution in [1.29, 1.82) is 0 Å². The Kier molecular flexibility index (Phi) is 3.18. The first-order valence-electron chi connectivity index (χ1n) is 3.15. The van der Waals surface area contributed by atoms with Crippen LogP contribution < -0.4 is 4.74 Å². The van der Waals surface area contributed by atoms with Crippen molar-refractivity contribution in [2.75, 3.05) is 7.11 Å². The van der Waals surface area contributed by atoms with Crippen molar-refractivity contribution in [3.63, 3.8) is 0 Å². The van der Waals surface area contributed by atoms with Crippen LogP contribution in [-0.4, -0.2) is 7.11 Å². The zero-order chi connectivity index (χ0) is 8.43. The fourth-order valence-corrected chi connectivity index (χ4v) is 1.93. The second-order valence-electron chi connectivity index (χ2n) is 2.26. The third-order valence-electron chi connectivity index (χ3n) is 1.36. The molecule has 11 heavy (non-hydrogen) atoms. The molecule has 0 radical (unpaired) electrons. The van der Waals surface area contributed by atoms with Crippen molar-refractivity contribution < 1.29 is 4.74 Å². The van der Waals surface area contributed by atoms with E-state index in [0.29, 0.717) is 0 Å². The summed E-state index contributed by atoms with van der Waals surface area (Å²) >= 11 is 5.70. The maximum absolute atomic E-state index is 5.17. The number of aryl methyl sites for hydroxylation is 1. The highest BCUT2D eigenvalue weighted by molar-refractivity contribution is 14.1. The lowest BCUT2D eigenvalue weighted by molar-refractivity contribution is 0.411. The van der Waals surface area contributed by atoms with Gasteiger partial charge >= 0.3 is 0 Å². The van der Waals surface area contributed by atoms with Gasteiger partial charge in [0.2, 0.25) is 0 Å². The van der Waals surface area contributed by atoms with Crippen molar-refractivity contribution in [2.24, 2.45) is 0 Å². The van der Waals surface area contributed by atoms with Gasteiger partial charge in [0.1, 0.15) is 5.75 Å². The van der Waals surface area contributed by atoms with E-state index in [1.807, 2.05) is 13.0 Å². The van der Waals surface area contributed by atoms with E-state index in [1.165, 1.54) is 5.56 Å². The van der Waals surface area contributed by atoms with Crippen LogP contribution in [0.25, 0.3) is 0 Å². The van der Waals surface area contributed by atoms with Crippen molar-refractivity contribution in [1.82, 2.24) is 0 Å². The molecule has 0 heterocycles. The van der Waals surface area contributed by atoms with E-state index in [-0.39, 0.29) is 0 Å². The maximum Gasteiger partial charge on any atom is 0.133 e. The molecule has 0 atom stereocenters. The van der Waals surface area contributed by atoms with Gasteiger partial charge in [0.25, 0.3) is 0 Å². The summed E-state index contributed by atoms with van der Waals surface area (Å²) in [5.74, 6) is 0.928. The van der Waals surface area contributed by atoms with Crippen molar-refractivity contribution >= 4 is 38.5 Å². The summed E-state index contributed by atoms with van der Waals surface area (Å²) in [6.07, 6.45) is 0. The molecular formula is C8H8BrIO. The van der Waals surface area contributed by atoms with Crippen molar-refractivity contribution in [3.8, 4) is 5.75 Å². The summed E-state index contributed by atoms with van der Waals surface area (Å²) in [6.45, 7) is 2.04. The normalized spacial score (nSPS) is 9.82. The highest BCUT2D eigenvalue weighted by Crippen LogP contribution is 2.29. The van der Waals surface area contributed by atoms with E-state index < -0.39 is 0 Å². The number of methoxy groups -OCH3 is 1. The van der Waals surface area contributed by atoms with E-state index >= 15 is 0 Å². The Hall–Kier alpha value is 0.230. The maximum atomic E-state index is 5.17. The van der Waals surface area contributed by atoms with Crippen molar-refractivity contribution in [2.45, 2.75) is 6.92 Å². The van der Waals surface area contributed by atoms with Crippen molar-refractivity contribution in [3.05, 3.63) is 25.7 Å². The van der Waals surface area contributed by atoms with Gasteiger partial charge in [-0.1, -0.05) is 0 Å². The first-order valence-corrected chi connectivity index (χ1v) is 5.02. The zero-order valence-corrected chi connectivity index (χ0v) is 10.1. The minimum absolute atomic E-state index is 0.928. The van der Waals surface area contributed by atoms with Gasteiger partial charge in [-0.3, -0.25) is 0 Å². The standard InChI is InChI=1S/C8H8BrIO/c1-5-3-6(9)8(10)7(4-5)11-2/h3-4H,1-2H3. The molecule has 0 amide bonds. The third kappa shape index (κ3) is 2.08. The van der Waals surface area contributed by atoms with Gasteiger partial charge in [-0.25, -0.2) is 0 Å². The molecule has 0 aliphatic carbocycles. The van der Waals surface area contributed by atoms with Gasteiger partial charge in [0, 0.05) is 4.47 Å². The van der Waals surface area contributed by atoms with Gasteiger partial charge in [-0.05, 0) is 63.1 Å². The number of hydrogen-bond donors (Lipinski definition) is 0. The molecule has 0 saturated heterocycles. The zero-order valence-electron chi connectivity index (χ0n) is 6.32. The summed E-state index contributed by atoms with van der Waals surface area (Å²) in [6, 6.07) is 4.09. The molecule has 1 rings (SSSR count). The van der Waals surface area contributed by atoms with E-state index in [1.54, 1.807) is 7.11 Å². The second-order valence-corrected chi connectivity index (χ2v) is 4.20. The van der Waals surface area contributed by atoms with Crippen LogP contribution in [-0.2, 0) is 0 Å². The molecule has 1 aromatic rings. The molecule has 0 N–H and O–H groups in total. The first kappa shape index (κ1) is 9.32. The minimum atomic E-state index is 0.928. The van der Waals surface area contributed by atoms with Crippen LogP contribution in [0, 0.1) is 10.5 Å². The topological polar surface area (TPSA) is 9.23 Å². The predicted molar refractivity (Wildman–Crippen MR) is 58.1 cm³/mol. The van der Waals surface area contributed by atoms with Crippen LogP contribution in [0.3, 0.4) is 0 Å². The second kappa shape index (κ2) is 3.76. The van der Waals surface area contributed by atoms with E-state index in [2.05, 4.69) is 44.6 Å². The van der Waals surface area contributed by atoms with Crippen LogP contribution in [0.15, 0.2) is 16.6 Å². The quantitative estimate of drug-likeness (QED) is 0.719. The van der Waals surface area contributed by atoms with Gasteiger partial charge in [0.15, 0.2) is 0 Å². The molecule has 0 aliphatic heterocycles. The lowest BCUT2D eigenvalue weighted by Crippen LogP contribution is -1.88. The smallest absolute Gasteiger partial charge is 0.133 e. The molecule has 0 fully saturated rings. The Bertz CT molecular complexity index is 273. The largest absolute Gasteiger partial charge is 0.496 e.